The number of methoxy groups -OCH3 is 1. The zero-order valence-corrected chi connectivity index (χ0v) is 16.4. The second-order valence-electron chi connectivity index (χ2n) is 6.99. The monoisotopic (exact) mass is 439 g/mol. The standard InChI is InChI=1S/C19H16F3N3O4S/c1-29-16-13(9-11(10-24-16)19(20,21)22)18(6-7-18)17(26)25-30(27,28)15-4-2-3-14-12(15)5-8-23-14/h2-5,8-10,23H,6-7H2,1H3,(H,25,26). The molecule has 1 amide bonds. The fourth-order valence-electron chi connectivity index (χ4n) is 3.42. The predicted octanol–water partition coefficient (Wildman–Crippen LogP) is 3.13. The van der Waals surface area contributed by atoms with Gasteiger partial charge in [-0.2, -0.15) is 13.2 Å². The molecule has 0 atom stereocenters. The minimum absolute atomic E-state index is 0.0904. The highest BCUT2D eigenvalue weighted by Crippen LogP contribution is 2.52. The van der Waals surface area contributed by atoms with Gasteiger partial charge in [-0.3, -0.25) is 4.79 Å². The summed E-state index contributed by atoms with van der Waals surface area (Å²) in [4.78, 5) is 19.4. The lowest BCUT2D eigenvalue weighted by atomic mass is 9.95. The van der Waals surface area contributed by atoms with Gasteiger partial charge in [0.2, 0.25) is 11.8 Å². The number of nitrogens with one attached hydrogen (secondary N) is 2. The molecule has 0 bridgehead atoms. The van der Waals surface area contributed by atoms with E-state index in [0.717, 1.165) is 6.07 Å². The van der Waals surface area contributed by atoms with Crippen LogP contribution in [0.3, 0.4) is 0 Å². The first kappa shape index (κ1) is 20.2. The normalized spacial score (nSPS) is 15.7. The van der Waals surface area contributed by atoms with Crippen LogP contribution in [0.15, 0.2) is 47.6 Å². The number of nitrogens with zero attached hydrogens (tertiary/aromatic N) is 1. The smallest absolute Gasteiger partial charge is 0.417 e. The minimum atomic E-state index is -4.67. The van der Waals surface area contributed by atoms with Crippen molar-refractivity contribution in [2.75, 3.05) is 7.11 Å². The van der Waals surface area contributed by atoms with Gasteiger partial charge in [0.05, 0.1) is 23.0 Å². The molecule has 1 aliphatic rings. The number of benzene rings is 1. The van der Waals surface area contributed by atoms with Crippen LogP contribution < -0.4 is 9.46 Å². The van der Waals surface area contributed by atoms with Crippen LogP contribution in [0.5, 0.6) is 5.88 Å². The Balaban J connectivity index is 1.71. The summed E-state index contributed by atoms with van der Waals surface area (Å²) in [7, 11) is -3.05. The number of carbonyl (C=O) groups is 1. The van der Waals surface area contributed by atoms with Crippen LogP contribution in [0.2, 0.25) is 0 Å². The van der Waals surface area contributed by atoms with Crippen molar-refractivity contribution < 1.29 is 31.1 Å². The van der Waals surface area contributed by atoms with E-state index in [1.54, 1.807) is 18.3 Å². The highest BCUT2D eigenvalue weighted by Gasteiger charge is 2.55. The first-order chi connectivity index (χ1) is 14.1. The maximum absolute atomic E-state index is 13.1. The number of halogens is 3. The van der Waals surface area contributed by atoms with Crippen LogP contribution in [0.4, 0.5) is 13.2 Å². The van der Waals surface area contributed by atoms with Crippen LogP contribution in [0.25, 0.3) is 10.9 Å². The predicted molar refractivity (Wildman–Crippen MR) is 100 cm³/mol. The molecule has 158 valence electrons. The minimum Gasteiger partial charge on any atom is -0.481 e. The first-order valence-electron chi connectivity index (χ1n) is 8.83. The van der Waals surface area contributed by atoms with E-state index in [0.29, 0.717) is 17.1 Å². The third kappa shape index (κ3) is 3.28. The van der Waals surface area contributed by atoms with Gasteiger partial charge >= 0.3 is 6.18 Å². The molecule has 0 spiro atoms. The lowest BCUT2D eigenvalue weighted by molar-refractivity contribution is -0.138. The summed E-state index contributed by atoms with van der Waals surface area (Å²) < 4.78 is 72.2. The number of alkyl halides is 3. The number of pyridine rings is 1. The van der Waals surface area contributed by atoms with Crippen molar-refractivity contribution in [3.05, 3.63) is 53.9 Å². The number of amides is 1. The number of H-pyrrole nitrogens is 1. The van der Waals surface area contributed by atoms with Crippen molar-refractivity contribution in [2.24, 2.45) is 0 Å². The number of aromatic nitrogens is 2. The molecule has 3 aromatic rings. The number of carbonyl (C=O) groups excluding carboxylic acids is 1. The molecule has 0 unspecified atom stereocenters. The highest BCUT2D eigenvalue weighted by molar-refractivity contribution is 7.90. The topological polar surface area (TPSA) is 101 Å². The van der Waals surface area contributed by atoms with E-state index < -0.39 is 33.1 Å². The van der Waals surface area contributed by atoms with Gasteiger partial charge < -0.3 is 9.72 Å². The van der Waals surface area contributed by atoms with Crippen LogP contribution in [0.1, 0.15) is 24.0 Å². The van der Waals surface area contributed by atoms with E-state index >= 15 is 0 Å². The molecule has 4 rings (SSSR count). The molecule has 2 aromatic heterocycles. The Kier molecular flexibility index (Phi) is 4.53. The summed E-state index contributed by atoms with van der Waals surface area (Å²) >= 11 is 0. The molecule has 0 aliphatic heterocycles. The molecule has 0 saturated heterocycles. The summed E-state index contributed by atoms with van der Waals surface area (Å²) in [5.74, 6) is -1.07. The summed E-state index contributed by atoms with van der Waals surface area (Å²) in [5.41, 5.74) is -2.03. The van der Waals surface area contributed by atoms with E-state index in [-0.39, 0.29) is 29.2 Å². The lowest BCUT2D eigenvalue weighted by Crippen LogP contribution is -2.39. The van der Waals surface area contributed by atoms with Gasteiger partial charge in [-0.25, -0.2) is 18.1 Å². The summed E-state index contributed by atoms with van der Waals surface area (Å²) in [6.45, 7) is 0. The van der Waals surface area contributed by atoms with Crippen molar-refractivity contribution in [2.45, 2.75) is 29.3 Å². The number of hydrogen-bond donors (Lipinski definition) is 2. The van der Waals surface area contributed by atoms with E-state index in [9.17, 15) is 26.4 Å². The van der Waals surface area contributed by atoms with Crippen molar-refractivity contribution in [1.29, 1.82) is 0 Å². The summed E-state index contributed by atoms with van der Waals surface area (Å²) in [5, 5.41) is 0.390. The molecular weight excluding hydrogens is 423 g/mol. The zero-order chi connectivity index (χ0) is 21.7. The van der Waals surface area contributed by atoms with Crippen LogP contribution in [-0.2, 0) is 26.4 Å². The quantitative estimate of drug-likeness (QED) is 0.636. The van der Waals surface area contributed by atoms with Crippen molar-refractivity contribution >= 4 is 26.8 Å². The fraction of sp³-hybridized carbons (Fsp3) is 0.263. The molecule has 30 heavy (non-hydrogen) atoms. The Morgan fingerprint density at radius 1 is 1.27 bits per heavy atom. The van der Waals surface area contributed by atoms with E-state index in [1.165, 1.54) is 19.2 Å². The van der Waals surface area contributed by atoms with Gasteiger partial charge in [0.25, 0.3) is 10.0 Å². The maximum atomic E-state index is 13.1. The average Bonchev–Trinajstić information content (AvgIpc) is 3.36. The molecule has 1 fully saturated rings. The van der Waals surface area contributed by atoms with Crippen LogP contribution in [-0.4, -0.2) is 31.4 Å². The second-order valence-corrected chi connectivity index (χ2v) is 8.64. The van der Waals surface area contributed by atoms with Gasteiger partial charge in [0, 0.05) is 28.9 Å². The lowest BCUT2D eigenvalue weighted by Gasteiger charge is -2.19. The van der Waals surface area contributed by atoms with Crippen LogP contribution >= 0.6 is 0 Å². The van der Waals surface area contributed by atoms with Gasteiger partial charge in [-0.1, -0.05) is 6.07 Å². The molecule has 7 nitrogen and oxygen atoms in total. The number of rotatable bonds is 5. The first-order valence-corrected chi connectivity index (χ1v) is 10.3. The highest BCUT2D eigenvalue weighted by atomic mass is 32.2. The number of hydrogen-bond acceptors (Lipinski definition) is 5. The Bertz CT molecular complexity index is 1250. The molecule has 1 aliphatic carbocycles. The van der Waals surface area contributed by atoms with E-state index in [2.05, 4.69) is 9.97 Å². The Labute approximate surface area is 169 Å². The SMILES string of the molecule is COc1ncc(C(F)(F)F)cc1C1(C(=O)NS(=O)(=O)c2cccc3[nH]ccc23)CC1. The molecule has 0 radical (unpaired) electrons. The number of aromatic amines is 1. The van der Waals surface area contributed by atoms with Crippen molar-refractivity contribution in [1.82, 2.24) is 14.7 Å². The van der Waals surface area contributed by atoms with E-state index in [4.69, 9.17) is 4.74 Å². The van der Waals surface area contributed by atoms with Gasteiger partial charge in [-0.15, -0.1) is 0 Å². The molecule has 1 saturated carbocycles. The second kappa shape index (κ2) is 6.73. The molecular formula is C19H16F3N3O4S. The molecule has 1 aromatic carbocycles. The molecule has 2 heterocycles. The average molecular weight is 439 g/mol. The van der Waals surface area contributed by atoms with Crippen LogP contribution in [0, 0.1) is 0 Å². The summed E-state index contributed by atoms with van der Waals surface area (Å²) in [6.07, 6.45) is -2.16. The van der Waals surface area contributed by atoms with Crippen molar-refractivity contribution in [3.8, 4) is 5.88 Å². The van der Waals surface area contributed by atoms with Gasteiger partial charge in [-0.05, 0) is 37.1 Å². The largest absolute Gasteiger partial charge is 0.481 e. The zero-order valence-electron chi connectivity index (χ0n) is 15.6. The summed E-state index contributed by atoms with van der Waals surface area (Å²) in [6, 6.07) is 6.89. The molecule has 2 N–H and O–H groups in total. The third-order valence-corrected chi connectivity index (χ3v) is 6.53. The number of ether oxygens (including phenoxy) is 1. The van der Waals surface area contributed by atoms with Gasteiger partial charge in [0.15, 0.2) is 0 Å². The van der Waals surface area contributed by atoms with Crippen molar-refractivity contribution in [3.63, 3.8) is 0 Å². The van der Waals surface area contributed by atoms with Gasteiger partial charge in [0.1, 0.15) is 0 Å². The Hall–Kier alpha value is -3.08. The Morgan fingerprint density at radius 3 is 2.63 bits per heavy atom. The molecule has 11 heteroatoms. The number of sulfonamides is 1. The Morgan fingerprint density at radius 2 is 2.00 bits per heavy atom. The number of fused-ring (bicyclic) bond motifs is 1. The van der Waals surface area contributed by atoms with E-state index in [1.807, 2.05) is 4.72 Å². The maximum Gasteiger partial charge on any atom is 0.417 e. The third-order valence-electron chi connectivity index (χ3n) is 5.14. The fourth-order valence-corrected chi connectivity index (χ4v) is 4.70.